The molecule has 1 saturated heterocycles. The van der Waals surface area contributed by atoms with E-state index in [1.807, 2.05) is 24.3 Å². The average Bonchev–Trinajstić information content (AvgIpc) is 3.28. The first-order valence-corrected chi connectivity index (χ1v) is 11.6. The summed E-state index contributed by atoms with van der Waals surface area (Å²) in [6.07, 6.45) is 6.62. The van der Waals surface area contributed by atoms with Crippen molar-refractivity contribution in [3.8, 4) is 0 Å². The zero-order valence-electron chi connectivity index (χ0n) is 18.1. The average molecular weight is 468 g/mol. The minimum atomic E-state index is -0.860. The van der Waals surface area contributed by atoms with Crippen molar-refractivity contribution >= 4 is 45.6 Å². The number of amides is 1. The van der Waals surface area contributed by atoms with E-state index in [-0.39, 0.29) is 16.6 Å². The summed E-state index contributed by atoms with van der Waals surface area (Å²) in [5.41, 5.74) is 2.07. The molecule has 1 fully saturated rings. The number of rotatable bonds is 6. The molecule has 1 aliphatic heterocycles. The largest absolute Gasteiger partial charge is 0.372 e. The first-order valence-electron chi connectivity index (χ1n) is 10.7. The molecule has 0 unspecified atom stereocenters. The molecular weight excluding hydrogens is 444 g/mol. The zero-order chi connectivity index (χ0) is 23.4. The maximum Gasteiger partial charge on any atom is 0.230 e. The van der Waals surface area contributed by atoms with Crippen LogP contribution in [0.5, 0.6) is 0 Å². The molecule has 3 aromatic rings. The van der Waals surface area contributed by atoms with Crippen molar-refractivity contribution in [2.45, 2.75) is 26.2 Å². The zero-order valence-corrected chi connectivity index (χ0v) is 18.9. The highest BCUT2D eigenvalue weighted by molar-refractivity contribution is 7.14. The number of anilines is 3. The Balaban J connectivity index is 1.47. The van der Waals surface area contributed by atoms with Crippen LogP contribution in [0.2, 0.25) is 0 Å². The second kappa shape index (κ2) is 10.0. The summed E-state index contributed by atoms with van der Waals surface area (Å²) in [4.78, 5) is 32.5. The Labute approximate surface area is 195 Å². The van der Waals surface area contributed by atoms with E-state index in [1.54, 1.807) is 11.5 Å². The van der Waals surface area contributed by atoms with Crippen molar-refractivity contribution in [3.63, 3.8) is 0 Å². The van der Waals surface area contributed by atoms with Crippen molar-refractivity contribution in [3.05, 3.63) is 76.8 Å². The molecular formula is C25H23F2N3O2S. The summed E-state index contributed by atoms with van der Waals surface area (Å²) in [6, 6.07) is 10.6. The van der Waals surface area contributed by atoms with Crippen LogP contribution >= 0.6 is 11.3 Å². The molecule has 4 rings (SSSR count). The van der Waals surface area contributed by atoms with Gasteiger partial charge in [-0.05, 0) is 67.8 Å². The van der Waals surface area contributed by atoms with Gasteiger partial charge in [-0.1, -0.05) is 0 Å². The molecule has 2 heterocycles. The molecule has 0 bridgehead atoms. The fourth-order valence-electron chi connectivity index (χ4n) is 3.77. The number of ketones is 1. The van der Waals surface area contributed by atoms with Crippen molar-refractivity contribution < 1.29 is 18.4 Å². The number of carbonyl (C=O) groups excluding carboxylic acids is 2. The van der Waals surface area contributed by atoms with E-state index in [9.17, 15) is 18.4 Å². The molecule has 33 heavy (non-hydrogen) atoms. The maximum absolute atomic E-state index is 14.2. The number of thiazole rings is 1. The fraction of sp³-hybridized carbons (Fsp3) is 0.240. The van der Waals surface area contributed by atoms with Gasteiger partial charge in [0.2, 0.25) is 5.91 Å². The smallest absolute Gasteiger partial charge is 0.230 e. The Bertz CT molecular complexity index is 1180. The van der Waals surface area contributed by atoms with Crippen LogP contribution in [-0.2, 0) is 4.79 Å². The molecule has 1 aromatic heterocycles. The van der Waals surface area contributed by atoms with Gasteiger partial charge in [0.05, 0.1) is 11.4 Å². The summed E-state index contributed by atoms with van der Waals surface area (Å²) >= 11 is 1.12. The van der Waals surface area contributed by atoms with E-state index in [4.69, 9.17) is 0 Å². The molecule has 0 spiro atoms. The van der Waals surface area contributed by atoms with Gasteiger partial charge < -0.3 is 4.90 Å². The molecule has 0 atom stereocenters. The number of benzene rings is 2. The lowest BCUT2D eigenvalue weighted by atomic mass is 10.1. The number of piperidine rings is 1. The van der Waals surface area contributed by atoms with Gasteiger partial charge >= 0.3 is 0 Å². The second-order valence-corrected chi connectivity index (χ2v) is 8.63. The van der Waals surface area contributed by atoms with Crippen molar-refractivity contribution in [2.24, 2.45) is 0 Å². The summed E-state index contributed by atoms with van der Waals surface area (Å²) in [5, 5.41) is 1.89. The molecule has 8 heteroatoms. The predicted octanol–water partition coefficient (Wildman–Crippen LogP) is 5.99. The van der Waals surface area contributed by atoms with Crippen LogP contribution in [-0.4, -0.2) is 29.8 Å². The fourth-order valence-corrected chi connectivity index (χ4v) is 4.62. The number of carbonyl (C=O) groups is 2. The number of hydrogen-bond acceptors (Lipinski definition) is 5. The quantitative estimate of drug-likeness (QED) is 0.330. The molecule has 0 saturated carbocycles. The predicted molar refractivity (Wildman–Crippen MR) is 127 cm³/mol. The molecule has 170 valence electrons. The first-order chi connectivity index (χ1) is 15.9. The molecule has 5 nitrogen and oxygen atoms in total. The third-order valence-corrected chi connectivity index (χ3v) is 6.29. The number of hydrogen-bond donors (Lipinski definition) is 0. The molecule has 2 aromatic carbocycles. The Hall–Kier alpha value is -3.39. The van der Waals surface area contributed by atoms with Gasteiger partial charge in [0.1, 0.15) is 11.6 Å². The second-order valence-electron chi connectivity index (χ2n) is 7.80. The Morgan fingerprint density at radius 3 is 2.45 bits per heavy atom. The topological polar surface area (TPSA) is 53.5 Å². The number of halogens is 2. The van der Waals surface area contributed by atoms with Crippen LogP contribution in [0.3, 0.4) is 0 Å². The minimum Gasteiger partial charge on any atom is -0.372 e. The van der Waals surface area contributed by atoms with E-state index in [2.05, 4.69) is 9.88 Å². The van der Waals surface area contributed by atoms with Gasteiger partial charge in [0, 0.05) is 42.7 Å². The van der Waals surface area contributed by atoms with Crippen LogP contribution < -0.4 is 9.80 Å². The van der Waals surface area contributed by atoms with Gasteiger partial charge in [-0.2, -0.15) is 0 Å². The lowest BCUT2D eigenvalue weighted by molar-refractivity contribution is -0.115. The summed E-state index contributed by atoms with van der Waals surface area (Å²) in [6.45, 7) is 3.35. The van der Waals surface area contributed by atoms with E-state index in [0.717, 1.165) is 47.1 Å². The molecule has 1 amide bonds. The molecule has 0 aliphatic carbocycles. The van der Waals surface area contributed by atoms with Gasteiger partial charge in [-0.25, -0.2) is 13.8 Å². The summed E-state index contributed by atoms with van der Waals surface area (Å²) in [5.74, 6) is -2.22. The standard InChI is InChI=1S/C25H23F2N3O2S/c1-17(31)30(23-11-7-19(26)15-22(23)27)25-28-20(16-33-25)8-12-24(32)18-5-9-21(10-6-18)29-13-3-2-4-14-29/h5-12,15-16H,2-4,13-14H2,1H3. The van der Waals surface area contributed by atoms with Crippen molar-refractivity contribution in [1.29, 1.82) is 0 Å². The molecule has 0 radical (unpaired) electrons. The van der Waals surface area contributed by atoms with Crippen molar-refractivity contribution in [2.75, 3.05) is 22.9 Å². The van der Waals surface area contributed by atoms with E-state index >= 15 is 0 Å². The number of allylic oxidation sites excluding steroid dienone is 1. The summed E-state index contributed by atoms with van der Waals surface area (Å²) < 4.78 is 27.5. The van der Waals surface area contributed by atoms with Crippen LogP contribution in [0.15, 0.2) is 53.9 Å². The van der Waals surface area contributed by atoms with E-state index in [0.29, 0.717) is 11.3 Å². The van der Waals surface area contributed by atoms with Crippen LogP contribution in [0.4, 0.5) is 25.3 Å². The third kappa shape index (κ3) is 5.34. The number of nitrogens with zero attached hydrogens (tertiary/aromatic N) is 3. The highest BCUT2D eigenvalue weighted by Crippen LogP contribution is 2.31. The van der Waals surface area contributed by atoms with Crippen LogP contribution in [0, 0.1) is 11.6 Å². The lowest BCUT2D eigenvalue weighted by Crippen LogP contribution is -2.29. The van der Waals surface area contributed by atoms with Crippen LogP contribution in [0.25, 0.3) is 6.08 Å². The van der Waals surface area contributed by atoms with Gasteiger partial charge in [0.25, 0.3) is 0 Å². The van der Waals surface area contributed by atoms with E-state index < -0.39 is 17.5 Å². The van der Waals surface area contributed by atoms with E-state index in [1.165, 1.54) is 38.3 Å². The summed E-state index contributed by atoms with van der Waals surface area (Å²) in [7, 11) is 0. The Morgan fingerprint density at radius 2 is 1.79 bits per heavy atom. The Kier molecular flexibility index (Phi) is 6.93. The van der Waals surface area contributed by atoms with Gasteiger partial charge in [-0.3, -0.25) is 14.5 Å². The third-order valence-electron chi connectivity index (χ3n) is 5.45. The van der Waals surface area contributed by atoms with Crippen molar-refractivity contribution in [1.82, 2.24) is 4.98 Å². The SMILES string of the molecule is CC(=O)N(c1nc(C=CC(=O)c2ccc(N3CCCCC3)cc2)cs1)c1ccc(F)cc1F. The minimum absolute atomic E-state index is 0.0846. The highest BCUT2D eigenvalue weighted by Gasteiger charge is 2.21. The lowest BCUT2D eigenvalue weighted by Gasteiger charge is -2.28. The number of aromatic nitrogens is 1. The van der Waals surface area contributed by atoms with Gasteiger partial charge in [-0.15, -0.1) is 11.3 Å². The van der Waals surface area contributed by atoms with Gasteiger partial charge in [0.15, 0.2) is 10.9 Å². The first kappa shape index (κ1) is 22.8. The highest BCUT2D eigenvalue weighted by atomic mass is 32.1. The Morgan fingerprint density at radius 1 is 1.06 bits per heavy atom. The van der Waals surface area contributed by atoms with Crippen LogP contribution in [0.1, 0.15) is 42.2 Å². The maximum atomic E-state index is 14.2. The monoisotopic (exact) mass is 467 g/mol. The molecule has 0 N–H and O–H groups in total. The normalized spacial score (nSPS) is 14.0. The molecule has 1 aliphatic rings.